The van der Waals surface area contributed by atoms with Gasteiger partial charge >= 0.3 is 0 Å². The van der Waals surface area contributed by atoms with E-state index in [0.717, 1.165) is 30.6 Å². The van der Waals surface area contributed by atoms with E-state index in [1.54, 1.807) is 0 Å². The molecule has 0 aromatic rings. The monoisotopic (exact) mass is 274 g/mol. The number of rotatable bonds is 5. The van der Waals surface area contributed by atoms with Crippen LogP contribution in [0.25, 0.3) is 0 Å². The number of carbonyl (C=O) groups is 1. The second-order valence-corrected chi connectivity index (χ2v) is 4.97. The largest absolute Gasteiger partial charge is 0.395 e. The van der Waals surface area contributed by atoms with Gasteiger partial charge in [-0.2, -0.15) is 5.26 Å². The summed E-state index contributed by atoms with van der Waals surface area (Å²) in [6.45, 7) is -1.24. The summed E-state index contributed by atoms with van der Waals surface area (Å²) >= 11 is 0. The molecule has 1 rings (SSSR count). The molecule has 0 heterocycles. The van der Waals surface area contributed by atoms with Gasteiger partial charge in [-0.05, 0) is 12.8 Å². The van der Waals surface area contributed by atoms with Crippen molar-refractivity contribution >= 4 is 5.91 Å². The third-order valence-corrected chi connectivity index (χ3v) is 3.60. The third kappa shape index (κ3) is 4.13. The van der Waals surface area contributed by atoms with Gasteiger partial charge in [-0.1, -0.05) is 25.7 Å². The Balaban J connectivity index is 2.87. The molecule has 0 unspecified atom stereocenters. The van der Waals surface area contributed by atoms with Gasteiger partial charge in [0, 0.05) is 6.54 Å². The van der Waals surface area contributed by atoms with Crippen molar-refractivity contribution in [1.29, 1.82) is 5.26 Å². The predicted molar refractivity (Wildman–Crippen MR) is 65.4 cm³/mol. The van der Waals surface area contributed by atoms with E-state index in [-0.39, 0.29) is 13.2 Å². The van der Waals surface area contributed by atoms with Crippen molar-refractivity contribution in [3.05, 3.63) is 0 Å². The third-order valence-electron chi connectivity index (χ3n) is 3.60. The number of nitrogens with zero attached hydrogens (tertiary/aromatic N) is 2. The number of hydrogen-bond acceptors (Lipinski definition) is 3. The van der Waals surface area contributed by atoms with Gasteiger partial charge in [0.1, 0.15) is 5.41 Å². The van der Waals surface area contributed by atoms with Crippen molar-refractivity contribution in [1.82, 2.24) is 4.90 Å². The standard InChI is InChI=1S/C13H20F2N2O2/c14-11(15)9-17(7-8-18)12(19)13(10-16)5-3-1-2-4-6-13/h11,18H,1-9H2. The summed E-state index contributed by atoms with van der Waals surface area (Å²) < 4.78 is 25.0. The van der Waals surface area contributed by atoms with Crippen LogP contribution in [-0.2, 0) is 4.79 Å². The van der Waals surface area contributed by atoms with Crippen LogP contribution in [0.5, 0.6) is 0 Å². The number of hydrogen-bond donors (Lipinski definition) is 1. The summed E-state index contributed by atoms with van der Waals surface area (Å²) in [5.74, 6) is -0.550. The molecule has 0 saturated heterocycles. The molecular weight excluding hydrogens is 254 g/mol. The van der Waals surface area contributed by atoms with Crippen LogP contribution < -0.4 is 0 Å². The highest BCUT2D eigenvalue weighted by Crippen LogP contribution is 2.36. The van der Waals surface area contributed by atoms with Crippen molar-refractivity contribution in [2.24, 2.45) is 5.41 Å². The van der Waals surface area contributed by atoms with Crippen LogP contribution in [0.2, 0.25) is 0 Å². The van der Waals surface area contributed by atoms with Gasteiger partial charge in [-0.3, -0.25) is 4.79 Å². The fourth-order valence-corrected chi connectivity index (χ4v) is 2.57. The molecule has 4 nitrogen and oxygen atoms in total. The van der Waals surface area contributed by atoms with E-state index in [0.29, 0.717) is 12.8 Å². The number of halogens is 2. The maximum Gasteiger partial charge on any atom is 0.255 e. The van der Waals surface area contributed by atoms with Gasteiger partial charge in [-0.25, -0.2) is 8.78 Å². The average molecular weight is 274 g/mol. The van der Waals surface area contributed by atoms with E-state index < -0.39 is 24.3 Å². The van der Waals surface area contributed by atoms with Crippen LogP contribution in [0.3, 0.4) is 0 Å². The lowest BCUT2D eigenvalue weighted by Gasteiger charge is -2.31. The number of aliphatic hydroxyl groups is 1. The van der Waals surface area contributed by atoms with Crippen LogP contribution in [0.15, 0.2) is 0 Å². The molecule has 1 N–H and O–H groups in total. The lowest BCUT2D eigenvalue weighted by molar-refractivity contribution is -0.142. The van der Waals surface area contributed by atoms with Crippen LogP contribution in [0, 0.1) is 16.7 Å². The Hall–Kier alpha value is -1.22. The lowest BCUT2D eigenvalue weighted by Crippen LogP contribution is -2.46. The molecule has 0 aromatic heterocycles. The maximum absolute atomic E-state index is 12.5. The zero-order chi connectivity index (χ0) is 14.3. The van der Waals surface area contributed by atoms with Gasteiger partial charge in [-0.15, -0.1) is 0 Å². The minimum absolute atomic E-state index is 0.146. The van der Waals surface area contributed by atoms with Crippen LogP contribution in [-0.4, -0.2) is 42.0 Å². The van der Waals surface area contributed by atoms with Crippen molar-refractivity contribution in [3.8, 4) is 6.07 Å². The Bertz CT molecular complexity index is 334. The highest BCUT2D eigenvalue weighted by atomic mass is 19.3. The number of alkyl halides is 2. The molecule has 1 aliphatic rings. The molecule has 1 saturated carbocycles. The summed E-state index contributed by atoms with van der Waals surface area (Å²) in [4.78, 5) is 13.3. The van der Waals surface area contributed by atoms with Gasteiger partial charge in [0.2, 0.25) is 5.91 Å². The minimum atomic E-state index is -2.66. The lowest BCUT2D eigenvalue weighted by atomic mass is 9.80. The molecule has 1 fully saturated rings. The smallest absolute Gasteiger partial charge is 0.255 e. The Morgan fingerprint density at radius 3 is 2.32 bits per heavy atom. The molecule has 0 radical (unpaired) electrons. The number of carbonyl (C=O) groups excluding carboxylic acids is 1. The van der Waals surface area contributed by atoms with Crippen molar-refractivity contribution in [3.63, 3.8) is 0 Å². The number of aliphatic hydroxyl groups excluding tert-OH is 1. The molecule has 0 bridgehead atoms. The number of amides is 1. The summed E-state index contributed by atoms with van der Waals surface area (Å²) in [5, 5.41) is 18.2. The van der Waals surface area contributed by atoms with E-state index in [4.69, 9.17) is 5.11 Å². The average Bonchev–Trinajstić information content (AvgIpc) is 2.63. The molecule has 19 heavy (non-hydrogen) atoms. The molecular formula is C13H20F2N2O2. The topological polar surface area (TPSA) is 64.3 Å². The summed E-state index contributed by atoms with van der Waals surface area (Å²) in [6.07, 6.45) is 1.65. The molecule has 0 aliphatic heterocycles. The van der Waals surface area contributed by atoms with Gasteiger partial charge in [0.05, 0.1) is 19.2 Å². The molecule has 108 valence electrons. The normalized spacial score (nSPS) is 18.7. The van der Waals surface area contributed by atoms with E-state index in [2.05, 4.69) is 6.07 Å². The van der Waals surface area contributed by atoms with E-state index in [1.165, 1.54) is 0 Å². The molecule has 0 atom stereocenters. The Kier molecular flexibility index (Phi) is 6.16. The van der Waals surface area contributed by atoms with Gasteiger partial charge < -0.3 is 10.0 Å². The first kappa shape index (κ1) is 15.8. The zero-order valence-corrected chi connectivity index (χ0v) is 10.9. The quantitative estimate of drug-likeness (QED) is 0.779. The summed E-state index contributed by atoms with van der Waals surface area (Å²) in [6, 6.07) is 2.05. The molecule has 1 amide bonds. The highest BCUT2D eigenvalue weighted by molar-refractivity contribution is 5.85. The summed E-state index contributed by atoms with van der Waals surface area (Å²) in [7, 11) is 0. The highest BCUT2D eigenvalue weighted by Gasteiger charge is 2.42. The Morgan fingerprint density at radius 2 is 1.89 bits per heavy atom. The van der Waals surface area contributed by atoms with Crippen molar-refractivity contribution in [2.75, 3.05) is 19.7 Å². The first-order chi connectivity index (χ1) is 9.05. The van der Waals surface area contributed by atoms with E-state index in [9.17, 15) is 18.8 Å². The van der Waals surface area contributed by atoms with E-state index in [1.807, 2.05) is 0 Å². The SMILES string of the molecule is N#CC1(C(=O)N(CCO)CC(F)F)CCCCCC1. The molecule has 1 aliphatic carbocycles. The fraction of sp³-hybridized carbons (Fsp3) is 0.846. The Labute approximate surface area is 112 Å². The fourth-order valence-electron chi connectivity index (χ4n) is 2.57. The maximum atomic E-state index is 12.5. The molecule has 0 spiro atoms. The molecule has 6 heteroatoms. The van der Waals surface area contributed by atoms with Crippen LogP contribution in [0.4, 0.5) is 8.78 Å². The number of nitriles is 1. The second-order valence-electron chi connectivity index (χ2n) is 4.97. The van der Waals surface area contributed by atoms with Crippen LogP contribution in [0.1, 0.15) is 38.5 Å². The van der Waals surface area contributed by atoms with Gasteiger partial charge in [0.25, 0.3) is 6.43 Å². The van der Waals surface area contributed by atoms with Crippen LogP contribution >= 0.6 is 0 Å². The zero-order valence-electron chi connectivity index (χ0n) is 10.9. The van der Waals surface area contributed by atoms with Gasteiger partial charge in [0.15, 0.2) is 0 Å². The second kappa shape index (κ2) is 7.39. The first-order valence-corrected chi connectivity index (χ1v) is 6.65. The van der Waals surface area contributed by atoms with Crippen molar-refractivity contribution < 1.29 is 18.7 Å². The summed E-state index contributed by atoms with van der Waals surface area (Å²) in [5.41, 5.74) is -1.18. The van der Waals surface area contributed by atoms with E-state index >= 15 is 0 Å². The predicted octanol–water partition coefficient (Wildman–Crippen LogP) is 1.94. The first-order valence-electron chi connectivity index (χ1n) is 6.65. The molecule has 0 aromatic carbocycles. The minimum Gasteiger partial charge on any atom is -0.395 e. The van der Waals surface area contributed by atoms with Crippen molar-refractivity contribution in [2.45, 2.75) is 45.0 Å². The Morgan fingerprint density at radius 1 is 1.32 bits per heavy atom.